The van der Waals surface area contributed by atoms with Crippen molar-refractivity contribution in [3.63, 3.8) is 0 Å². The van der Waals surface area contributed by atoms with E-state index in [0.29, 0.717) is 30.4 Å². The van der Waals surface area contributed by atoms with E-state index in [1.54, 1.807) is 31.2 Å². The van der Waals surface area contributed by atoms with Crippen LogP contribution in [0.3, 0.4) is 0 Å². The number of carbonyl (C=O) groups excluding carboxylic acids is 1. The summed E-state index contributed by atoms with van der Waals surface area (Å²) in [5.41, 5.74) is -0.330. The molecular weight excluding hydrogens is 298 g/mol. The number of carboxylic acid groups (broad SMARTS) is 1. The van der Waals surface area contributed by atoms with Gasteiger partial charge >= 0.3 is 11.6 Å². The standard InChI is InChI=1S/C17H17NO5/c1-10-12(16(20)21)6-4-8-18(10)15(19)13-9-11-5-2-3-7-14(11)23-17(13)22/h2-3,5,7,9-10,12H,4,6,8H2,1H3,(H,20,21)/t10-,12-/m1/s1. The fourth-order valence-electron chi connectivity index (χ4n) is 3.13. The molecule has 2 aromatic rings. The maximum absolute atomic E-state index is 12.7. The third kappa shape index (κ3) is 2.72. The summed E-state index contributed by atoms with van der Waals surface area (Å²) >= 11 is 0. The summed E-state index contributed by atoms with van der Waals surface area (Å²) < 4.78 is 5.19. The Labute approximate surface area is 132 Å². The van der Waals surface area contributed by atoms with E-state index in [0.717, 1.165) is 0 Å². The van der Waals surface area contributed by atoms with Gasteiger partial charge in [-0.25, -0.2) is 4.79 Å². The van der Waals surface area contributed by atoms with Crippen molar-refractivity contribution in [1.29, 1.82) is 0 Å². The highest BCUT2D eigenvalue weighted by atomic mass is 16.4. The van der Waals surface area contributed by atoms with Crippen LogP contribution in [0.2, 0.25) is 0 Å². The Morgan fingerprint density at radius 3 is 2.78 bits per heavy atom. The summed E-state index contributed by atoms with van der Waals surface area (Å²) in [5, 5.41) is 9.92. The second-order valence-electron chi connectivity index (χ2n) is 5.81. The third-order valence-corrected chi connectivity index (χ3v) is 4.44. The lowest BCUT2D eigenvalue weighted by molar-refractivity contribution is -0.144. The number of carbonyl (C=O) groups is 2. The van der Waals surface area contributed by atoms with Crippen molar-refractivity contribution in [2.24, 2.45) is 5.92 Å². The Morgan fingerprint density at radius 2 is 2.04 bits per heavy atom. The molecule has 2 heterocycles. The van der Waals surface area contributed by atoms with E-state index < -0.39 is 29.5 Å². The lowest BCUT2D eigenvalue weighted by Crippen LogP contribution is -2.49. The van der Waals surface area contributed by atoms with Crippen LogP contribution in [0.25, 0.3) is 11.0 Å². The van der Waals surface area contributed by atoms with Gasteiger partial charge < -0.3 is 14.4 Å². The summed E-state index contributed by atoms with van der Waals surface area (Å²) in [6, 6.07) is 8.02. The average Bonchev–Trinajstić information content (AvgIpc) is 2.53. The molecule has 0 radical (unpaired) electrons. The highest BCUT2D eigenvalue weighted by molar-refractivity contribution is 5.97. The number of likely N-dealkylation sites (tertiary alicyclic amines) is 1. The van der Waals surface area contributed by atoms with E-state index in [2.05, 4.69) is 0 Å². The van der Waals surface area contributed by atoms with Crippen LogP contribution < -0.4 is 5.63 Å². The van der Waals surface area contributed by atoms with E-state index in [1.807, 2.05) is 0 Å². The molecule has 1 aromatic carbocycles. The van der Waals surface area contributed by atoms with E-state index in [-0.39, 0.29) is 5.56 Å². The number of hydrogen-bond donors (Lipinski definition) is 1. The zero-order chi connectivity index (χ0) is 16.6. The molecule has 1 fully saturated rings. The van der Waals surface area contributed by atoms with Gasteiger partial charge in [0, 0.05) is 18.0 Å². The van der Waals surface area contributed by atoms with Crippen molar-refractivity contribution in [3.8, 4) is 0 Å². The SMILES string of the molecule is C[C@@H]1[C@H](C(=O)O)CCCN1C(=O)c1cc2ccccc2oc1=O. The molecule has 1 aromatic heterocycles. The zero-order valence-corrected chi connectivity index (χ0v) is 12.7. The van der Waals surface area contributed by atoms with Crippen LogP contribution in [0, 0.1) is 5.92 Å². The molecule has 1 saturated heterocycles. The van der Waals surface area contributed by atoms with E-state index in [4.69, 9.17) is 4.42 Å². The molecule has 1 amide bonds. The van der Waals surface area contributed by atoms with Crippen LogP contribution in [-0.2, 0) is 4.79 Å². The van der Waals surface area contributed by atoms with Crippen molar-refractivity contribution >= 4 is 22.8 Å². The Hall–Kier alpha value is -2.63. The minimum atomic E-state index is -0.916. The second-order valence-corrected chi connectivity index (χ2v) is 5.81. The summed E-state index contributed by atoms with van der Waals surface area (Å²) in [7, 11) is 0. The number of para-hydroxylation sites is 1. The van der Waals surface area contributed by atoms with Gasteiger partial charge in [0.25, 0.3) is 5.91 Å². The molecule has 6 heteroatoms. The second kappa shape index (κ2) is 5.87. The van der Waals surface area contributed by atoms with Crippen LogP contribution in [0.1, 0.15) is 30.1 Å². The first-order chi connectivity index (χ1) is 11.0. The van der Waals surface area contributed by atoms with Crippen molar-refractivity contribution in [2.75, 3.05) is 6.54 Å². The van der Waals surface area contributed by atoms with Crippen LogP contribution in [0.4, 0.5) is 0 Å². The molecule has 0 aliphatic carbocycles. The van der Waals surface area contributed by atoms with Crippen molar-refractivity contribution in [2.45, 2.75) is 25.8 Å². The number of aliphatic carboxylic acids is 1. The smallest absolute Gasteiger partial charge is 0.349 e. The molecule has 23 heavy (non-hydrogen) atoms. The Kier molecular flexibility index (Phi) is 3.90. The normalized spacial score (nSPS) is 21.3. The molecule has 120 valence electrons. The molecule has 0 bridgehead atoms. The fraction of sp³-hybridized carbons (Fsp3) is 0.353. The number of rotatable bonds is 2. The Bertz CT molecular complexity index is 825. The molecule has 0 unspecified atom stereocenters. The van der Waals surface area contributed by atoms with E-state index >= 15 is 0 Å². The highest BCUT2D eigenvalue weighted by Crippen LogP contribution is 2.25. The largest absolute Gasteiger partial charge is 0.481 e. The van der Waals surface area contributed by atoms with Gasteiger partial charge in [-0.3, -0.25) is 9.59 Å². The van der Waals surface area contributed by atoms with Crippen molar-refractivity contribution < 1.29 is 19.1 Å². The predicted octanol–water partition coefficient (Wildman–Crippen LogP) is 2.12. The summed E-state index contributed by atoms with van der Waals surface area (Å²) in [6.07, 6.45) is 1.14. The first kappa shape index (κ1) is 15.3. The monoisotopic (exact) mass is 315 g/mol. The van der Waals surface area contributed by atoms with Crippen LogP contribution >= 0.6 is 0 Å². The van der Waals surface area contributed by atoms with Gasteiger partial charge in [-0.1, -0.05) is 18.2 Å². The summed E-state index contributed by atoms with van der Waals surface area (Å²) in [4.78, 5) is 37.6. The number of nitrogens with zero attached hydrogens (tertiary/aromatic N) is 1. The van der Waals surface area contributed by atoms with Gasteiger partial charge in [0.15, 0.2) is 0 Å². The number of amides is 1. The molecular formula is C17H17NO5. The van der Waals surface area contributed by atoms with E-state index in [1.165, 1.54) is 11.0 Å². The molecule has 1 aliphatic rings. The minimum absolute atomic E-state index is 0.0541. The van der Waals surface area contributed by atoms with E-state index in [9.17, 15) is 19.5 Å². The molecule has 6 nitrogen and oxygen atoms in total. The number of benzene rings is 1. The van der Waals surface area contributed by atoms with Gasteiger partial charge in [0.2, 0.25) is 0 Å². The van der Waals surface area contributed by atoms with Crippen LogP contribution in [-0.4, -0.2) is 34.5 Å². The van der Waals surface area contributed by atoms with Gasteiger partial charge in [0.05, 0.1) is 5.92 Å². The molecule has 0 saturated carbocycles. The fourth-order valence-corrected chi connectivity index (χ4v) is 3.13. The number of piperidine rings is 1. The van der Waals surface area contributed by atoms with Gasteiger partial charge in [0.1, 0.15) is 11.1 Å². The Morgan fingerprint density at radius 1 is 1.30 bits per heavy atom. The number of carboxylic acids is 1. The number of fused-ring (bicyclic) bond motifs is 1. The van der Waals surface area contributed by atoms with Gasteiger partial charge in [-0.2, -0.15) is 0 Å². The molecule has 1 aliphatic heterocycles. The third-order valence-electron chi connectivity index (χ3n) is 4.44. The van der Waals surface area contributed by atoms with Crippen LogP contribution in [0.15, 0.2) is 39.5 Å². The maximum Gasteiger partial charge on any atom is 0.349 e. The molecule has 3 rings (SSSR count). The summed E-state index contributed by atoms with van der Waals surface area (Å²) in [6.45, 7) is 2.15. The maximum atomic E-state index is 12.7. The Balaban J connectivity index is 1.98. The summed E-state index contributed by atoms with van der Waals surface area (Å²) in [5.74, 6) is -2.00. The zero-order valence-electron chi connectivity index (χ0n) is 12.7. The quantitative estimate of drug-likeness (QED) is 0.858. The minimum Gasteiger partial charge on any atom is -0.481 e. The van der Waals surface area contributed by atoms with Gasteiger partial charge in [-0.05, 0) is 31.9 Å². The predicted molar refractivity (Wildman–Crippen MR) is 83.3 cm³/mol. The topological polar surface area (TPSA) is 87.8 Å². The lowest BCUT2D eigenvalue weighted by Gasteiger charge is -2.37. The number of hydrogen-bond acceptors (Lipinski definition) is 4. The molecule has 0 spiro atoms. The average molecular weight is 315 g/mol. The van der Waals surface area contributed by atoms with Crippen molar-refractivity contribution in [3.05, 3.63) is 46.3 Å². The highest BCUT2D eigenvalue weighted by Gasteiger charge is 2.36. The first-order valence-corrected chi connectivity index (χ1v) is 7.55. The van der Waals surface area contributed by atoms with Crippen LogP contribution in [0.5, 0.6) is 0 Å². The molecule has 2 atom stereocenters. The van der Waals surface area contributed by atoms with Gasteiger partial charge in [-0.15, -0.1) is 0 Å². The first-order valence-electron chi connectivity index (χ1n) is 7.55. The lowest BCUT2D eigenvalue weighted by atomic mass is 9.90. The molecule has 1 N–H and O–H groups in total. The van der Waals surface area contributed by atoms with Crippen molar-refractivity contribution in [1.82, 2.24) is 4.90 Å².